The van der Waals surface area contributed by atoms with Crippen molar-refractivity contribution in [3.63, 3.8) is 0 Å². The van der Waals surface area contributed by atoms with Gasteiger partial charge in [0, 0.05) is 19.6 Å². The minimum Gasteiger partial charge on any atom is -0.480 e. The Labute approximate surface area is 123 Å². The predicted molar refractivity (Wildman–Crippen MR) is 77.1 cm³/mol. The molecule has 0 aromatic carbocycles. The van der Waals surface area contributed by atoms with Gasteiger partial charge in [0.1, 0.15) is 17.7 Å². The van der Waals surface area contributed by atoms with Gasteiger partial charge in [-0.1, -0.05) is 13.8 Å². The number of carboxylic acid groups (broad SMARTS) is 1. The number of nitrogens with zero attached hydrogens (tertiary/aromatic N) is 4. The Morgan fingerprint density at radius 1 is 1.48 bits per heavy atom. The largest absolute Gasteiger partial charge is 0.480 e. The van der Waals surface area contributed by atoms with E-state index in [0.717, 1.165) is 11.3 Å². The Bertz CT molecular complexity index is 581. The smallest absolute Gasteiger partial charge is 0.327 e. The number of aliphatic carboxylic acids is 1. The summed E-state index contributed by atoms with van der Waals surface area (Å²) in [5, 5.41) is 30.2. The number of carboxylic acids is 1. The number of anilines is 1. The molecule has 1 aliphatic rings. The number of nitriles is 1. The highest BCUT2D eigenvalue weighted by Crippen LogP contribution is 2.25. The van der Waals surface area contributed by atoms with E-state index >= 15 is 0 Å². The molecule has 2 N–H and O–H groups in total. The quantitative estimate of drug-likeness (QED) is 0.823. The summed E-state index contributed by atoms with van der Waals surface area (Å²) in [7, 11) is 0. The van der Waals surface area contributed by atoms with E-state index in [9.17, 15) is 15.2 Å². The van der Waals surface area contributed by atoms with E-state index in [0.29, 0.717) is 43.9 Å². The van der Waals surface area contributed by atoms with Crippen LogP contribution in [0.15, 0.2) is 0 Å². The lowest BCUT2D eigenvalue weighted by molar-refractivity contribution is -0.138. The molecule has 0 bridgehead atoms. The van der Waals surface area contributed by atoms with Crippen LogP contribution in [0.25, 0.3) is 0 Å². The average molecular weight is 289 g/mol. The van der Waals surface area contributed by atoms with Crippen molar-refractivity contribution in [2.45, 2.75) is 32.7 Å². The van der Waals surface area contributed by atoms with E-state index in [1.165, 1.54) is 0 Å². The topological polar surface area (TPSA) is 102 Å². The van der Waals surface area contributed by atoms with Crippen LogP contribution in [0.1, 0.15) is 30.7 Å². The molecular formula is C14H19N5O2. The van der Waals surface area contributed by atoms with Gasteiger partial charge >= 0.3 is 5.97 Å². The molecule has 1 unspecified atom stereocenters. The summed E-state index contributed by atoms with van der Waals surface area (Å²) < 4.78 is 0. The van der Waals surface area contributed by atoms with Crippen LogP contribution in [-0.4, -0.2) is 46.9 Å². The molecule has 7 nitrogen and oxygen atoms in total. The number of hydrogen-bond donors (Lipinski definition) is 2. The number of rotatable bonds is 4. The number of piperazine rings is 1. The molecule has 21 heavy (non-hydrogen) atoms. The first-order chi connectivity index (χ1) is 10.1. The molecule has 2 rings (SSSR count). The normalized spacial score (nSPS) is 18.3. The molecule has 0 spiro atoms. The second-order valence-corrected chi connectivity index (χ2v) is 4.89. The average Bonchev–Trinajstić information content (AvgIpc) is 2.53. The molecule has 7 heteroatoms. The maximum Gasteiger partial charge on any atom is 0.327 e. The highest BCUT2D eigenvalue weighted by atomic mass is 16.4. The summed E-state index contributed by atoms with van der Waals surface area (Å²) in [6.45, 7) is 5.42. The van der Waals surface area contributed by atoms with Gasteiger partial charge in [0.2, 0.25) is 0 Å². The monoisotopic (exact) mass is 289 g/mol. The van der Waals surface area contributed by atoms with Crippen LogP contribution in [0.3, 0.4) is 0 Å². The molecule has 1 aromatic heterocycles. The maximum atomic E-state index is 11.4. The molecule has 0 radical (unpaired) electrons. The third-order valence-electron chi connectivity index (χ3n) is 3.74. The first-order valence-corrected chi connectivity index (χ1v) is 7.12. The summed E-state index contributed by atoms with van der Waals surface area (Å²) >= 11 is 0. The molecule has 2 heterocycles. The zero-order valence-electron chi connectivity index (χ0n) is 12.3. The Balaban J connectivity index is 2.52. The first-order valence-electron chi connectivity index (χ1n) is 7.12. The molecule has 1 atom stereocenters. The Kier molecular flexibility index (Phi) is 4.70. The van der Waals surface area contributed by atoms with Crippen LogP contribution in [0.2, 0.25) is 0 Å². The molecule has 0 aliphatic carbocycles. The lowest BCUT2D eigenvalue weighted by Gasteiger charge is -2.34. The standard InChI is InChI=1S/C14H19N5O2/c1-3-9-10(7-15)13(18-17-11(9)4-2)19-6-5-16-8-12(19)14(20)21/h12,16H,3-6,8H2,1-2H3,(H,20,21). The van der Waals surface area contributed by atoms with Crippen LogP contribution in [0, 0.1) is 11.3 Å². The van der Waals surface area contributed by atoms with Crippen LogP contribution in [0.4, 0.5) is 5.82 Å². The summed E-state index contributed by atoms with van der Waals surface area (Å²) in [6, 6.07) is 1.46. The van der Waals surface area contributed by atoms with E-state index < -0.39 is 12.0 Å². The van der Waals surface area contributed by atoms with Gasteiger partial charge in [-0.2, -0.15) is 10.4 Å². The number of carbonyl (C=O) groups is 1. The molecular weight excluding hydrogens is 270 g/mol. The highest BCUT2D eigenvalue weighted by Gasteiger charge is 2.32. The molecule has 112 valence electrons. The molecule has 1 saturated heterocycles. The van der Waals surface area contributed by atoms with Crippen molar-refractivity contribution in [2.75, 3.05) is 24.5 Å². The lowest BCUT2D eigenvalue weighted by atomic mass is 10.0. The number of nitrogens with one attached hydrogen (secondary N) is 1. The minimum absolute atomic E-state index is 0.332. The summed E-state index contributed by atoms with van der Waals surface area (Å²) in [6.07, 6.45) is 1.38. The highest BCUT2D eigenvalue weighted by molar-refractivity contribution is 5.79. The van der Waals surface area contributed by atoms with Crippen molar-refractivity contribution < 1.29 is 9.90 Å². The van der Waals surface area contributed by atoms with Crippen molar-refractivity contribution in [1.82, 2.24) is 15.5 Å². The second-order valence-electron chi connectivity index (χ2n) is 4.89. The summed E-state index contributed by atoms with van der Waals surface area (Å²) in [5.41, 5.74) is 2.13. The third kappa shape index (κ3) is 2.81. The Morgan fingerprint density at radius 3 is 2.81 bits per heavy atom. The fourth-order valence-electron chi connectivity index (χ4n) is 2.66. The van der Waals surface area contributed by atoms with E-state index in [1.807, 2.05) is 13.8 Å². The van der Waals surface area contributed by atoms with Crippen LogP contribution < -0.4 is 10.2 Å². The van der Waals surface area contributed by atoms with Crippen molar-refractivity contribution in [1.29, 1.82) is 5.26 Å². The van der Waals surface area contributed by atoms with Crippen molar-refractivity contribution >= 4 is 11.8 Å². The summed E-state index contributed by atoms with van der Waals surface area (Å²) in [4.78, 5) is 13.1. The molecule has 1 aromatic rings. The SMILES string of the molecule is CCc1nnc(N2CCNCC2C(=O)O)c(C#N)c1CC. The van der Waals surface area contributed by atoms with Crippen molar-refractivity contribution in [3.8, 4) is 6.07 Å². The first kappa shape index (κ1) is 15.2. The number of aryl methyl sites for hydroxylation is 1. The molecule has 1 aliphatic heterocycles. The van der Waals surface area contributed by atoms with Gasteiger partial charge < -0.3 is 15.3 Å². The Hall–Kier alpha value is -2.20. The van der Waals surface area contributed by atoms with E-state index in [2.05, 4.69) is 21.6 Å². The fraction of sp³-hybridized carbons (Fsp3) is 0.571. The second kappa shape index (κ2) is 6.50. The zero-order chi connectivity index (χ0) is 15.4. The van der Waals surface area contributed by atoms with Crippen LogP contribution in [0.5, 0.6) is 0 Å². The van der Waals surface area contributed by atoms with Gasteiger partial charge in [0.05, 0.1) is 5.69 Å². The van der Waals surface area contributed by atoms with Gasteiger partial charge in [0.25, 0.3) is 0 Å². The van der Waals surface area contributed by atoms with Gasteiger partial charge in [0.15, 0.2) is 5.82 Å². The van der Waals surface area contributed by atoms with Crippen molar-refractivity contribution in [2.24, 2.45) is 0 Å². The van der Waals surface area contributed by atoms with Crippen molar-refractivity contribution in [3.05, 3.63) is 16.8 Å². The van der Waals surface area contributed by atoms with E-state index in [1.54, 1.807) is 4.90 Å². The molecule has 0 amide bonds. The fourth-order valence-corrected chi connectivity index (χ4v) is 2.66. The third-order valence-corrected chi connectivity index (χ3v) is 3.74. The number of aromatic nitrogens is 2. The van der Waals surface area contributed by atoms with Gasteiger partial charge in [-0.3, -0.25) is 0 Å². The molecule has 1 fully saturated rings. The maximum absolute atomic E-state index is 11.4. The zero-order valence-corrected chi connectivity index (χ0v) is 12.3. The van der Waals surface area contributed by atoms with Crippen LogP contribution >= 0.6 is 0 Å². The van der Waals surface area contributed by atoms with Gasteiger partial charge in [-0.05, 0) is 18.4 Å². The van der Waals surface area contributed by atoms with E-state index in [-0.39, 0.29) is 0 Å². The van der Waals surface area contributed by atoms with E-state index in [4.69, 9.17) is 0 Å². The summed E-state index contributed by atoms with van der Waals surface area (Å²) in [5.74, 6) is -0.536. The molecule has 0 saturated carbocycles. The minimum atomic E-state index is -0.925. The predicted octanol–water partition coefficient (Wildman–Crippen LogP) is 0.336. The Morgan fingerprint density at radius 2 is 2.24 bits per heavy atom. The lowest BCUT2D eigenvalue weighted by Crippen LogP contribution is -2.55. The van der Waals surface area contributed by atoms with Crippen LogP contribution in [-0.2, 0) is 17.6 Å². The number of hydrogen-bond acceptors (Lipinski definition) is 6. The van der Waals surface area contributed by atoms with Gasteiger partial charge in [-0.15, -0.1) is 5.10 Å². The van der Waals surface area contributed by atoms with Gasteiger partial charge in [-0.25, -0.2) is 4.79 Å².